The van der Waals surface area contributed by atoms with Crippen LogP contribution in [0.1, 0.15) is 65.6 Å². The standard InChI is InChI=1S/C20H33N3O2/c1-13(2)18(15-8-10-16(11-9-15)20(5,6)7)21-12-17(24)23-19(25)22-14(3)4/h8-11,13-14,18,21H,12H2,1-7H3,(H2,22,23,24,25)/t18-/m1/s1. The Morgan fingerprint density at radius 1 is 1.00 bits per heavy atom. The fraction of sp³-hybridized carbons (Fsp3) is 0.600. The number of rotatable bonds is 6. The molecule has 0 aliphatic carbocycles. The molecule has 0 aliphatic heterocycles. The van der Waals surface area contributed by atoms with Gasteiger partial charge in [-0.05, 0) is 36.3 Å². The molecule has 0 heterocycles. The highest BCUT2D eigenvalue weighted by Crippen LogP contribution is 2.26. The van der Waals surface area contributed by atoms with E-state index in [1.54, 1.807) is 0 Å². The van der Waals surface area contributed by atoms with Gasteiger partial charge in [0, 0.05) is 12.1 Å². The maximum atomic E-state index is 11.9. The molecule has 1 atom stereocenters. The summed E-state index contributed by atoms with van der Waals surface area (Å²) in [7, 11) is 0. The largest absolute Gasteiger partial charge is 0.336 e. The Kier molecular flexibility index (Phi) is 7.61. The molecule has 1 rings (SSSR count). The lowest BCUT2D eigenvalue weighted by Gasteiger charge is -2.25. The van der Waals surface area contributed by atoms with Crippen molar-refractivity contribution in [2.24, 2.45) is 5.92 Å². The van der Waals surface area contributed by atoms with E-state index in [1.807, 2.05) is 13.8 Å². The maximum Gasteiger partial charge on any atom is 0.321 e. The zero-order valence-electron chi connectivity index (χ0n) is 16.6. The molecule has 0 radical (unpaired) electrons. The Morgan fingerprint density at radius 3 is 2.00 bits per heavy atom. The Labute approximate surface area is 152 Å². The summed E-state index contributed by atoms with van der Waals surface area (Å²) >= 11 is 0. The van der Waals surface area contributed by atoms with Crippen LogP contribution in [-0.2, 0) is 10.2 Å². The molecule has 0 bridgehead atoms. The van der Waals surface area contributed by atoms with Crippen LogP contribution in [0.15, 0.2) is 24.3 Å². The second-order valence-electron chi connectivity index (χ2n) is 8.15. The minimum Gasteiger partial charge on any atom is -0.336 e. The molecule has 0 saturated heterocycles. The van der Waals surface area contributed by atoms with E-state index in [2.05, 4.69) is 74.8 Å². The third kappa shape index (κ3) is 7.26. The highest BCUT2D eigenvalue weighted by atomic mass is 16.2. The molecular weight excluding hydrogens is 314 g/mol. The van der Waals surface area contributed by atoms with Gasteiger partial charge in [0.25, 0.3) is 0 Å². The summed E-state index contributed by atoms with van der Waals surface area (Å²) in [5.41, 5.74) is 2.53. The number of carbonyl (C=O) groups is 2. The van der Waals surface area contributed by atoms with Crippen molar-refractivity contribution in [1.82, 2.24) is 16.0 Å². The van der Waals surface area contributed by atoms with Gasteiger partial charge in [-0.1, -0.05) is 58.9 Å². The molecule has 0 aromatic heterocycles. The second-order valence-corrected chi connectivity index (χ2v) is 8.15. The zero-order chi connectivity index (χ0) is 19.2. The first-order valence-corrected chi connectivity index (χ1v) is 8.95. The number of benzene rings is 1. The number of nitrogens with one attached hydrogen (secondary N) is 3. The fourth-order valence-corrected chi connectivity index (χ4v) is 2.60. The zero-order valence-corrected chi connectivity index (χ0v) is 16.6. The van der Waals surface area contributed by atoms with Gasteiger partial charge in [-0.2, -0.15) is 0 Å². The molecule has 0 spiro atoms. The van der Waals surface area contributed by atoms with Crippen LogP contribution in [0.25, 0.3) is 0 Å². The molecule has 1 aromatic carbocycles. The summed E-state index contributed by atoms with van der Waals surface area (Å²) < 4.78 is 0. The quantitative estimate of drug-likeness (QED) is 0.737. The lowest BCUT2D eigenvalue weighted by Crippen LogP contribution is -2.46. The number of carbonyl (C=O) groups excluding carboxylic acids is 2. The van der Waals surface area contributed by atoms with E-state index < -0.39 is 6.03 Å². The number of hydrogen-bond acceptors (Lipinski definition) is 3. The summed E-state index contributed by atoms with van der Waals surface area (Å²) in [6.45, 7) is 14.6. The van der Waals surface area contributed by atoms with Gasteiger partial charge in [0.15, 0.2) is 0 Å². The monoisotopic (exact) mass is 347 g/mol. The van der Waals surface area contributed by atoms with Crippen LogP contribution in [0.4, 0.5) is 4.79 Å². The van der Waals surface area contributed by atoms with Crippen molar-refractivity contribution in [2.45, 2.75) is 66.0 Å². The van der Waals surface area contributed by atoms with Crippen LogP contribution in [-0.4, -0.2) is 24.5 Å². The van der Waals surface area contributed by atoms with Crippen molar-refractivity contribution < 1.29 is 9.59 Å². The lowest BCUT2D eigenvalue weighted by molar-refractivity contribution is -0.119. The van der Waals surface area contributed by atoms with Gasteiger partial charge >= 0.3 is 6.03 Å². The van der Waals surface area contributed by atoms with Gasteiger partial charge in [0.1, 0.15) is 0 Å². The lowest BCUT2D eigenvalue weighted by atomic mass is 9.85. The molecule has 0 fully saturated rings. The van der Waals surface area contributed by atoms with E-state index in [0.29, 0.717) is 5.92 Å². The average molecular weight is 348 g/mol. The van der Waals surface area contributed by atoms with Gasteiger partial charge in [-0.3, -0.25) is 10.1 Å². The Bertz CT molecular complexity index is 572. The SMILES string of the molecule is CC(C)NC(=O)NC(=O)CN[C@@H](c1ccc(C(C)(C)C)cc1)C(C)C. The van der Waals surface area contributed by atoms with E-state index in [9.17, 15) is 9.59 Å². The van der Waals surface area contributed by atoms with Crippen molar-refractivity contribution in [2.75, 3.05) is 6.54 Å². The van der Waals surface area contributed by atoms with Crippen LogP contribution < -0.4 is 16.0 Å². The minimum atomic E-state index is -0.461. The van der Waals surface area contributed by atoms with E-state index in [4.69, 9.17) is 0 Å². The Balaban J connectivity index is 2.69. The molecular formula is C20H33N3O2. The summed E-state index contributed by atoms with van der Waals surface area (Å²) in [4.78, 5) is 23.5. The van der Waals surface area contributed by atoms with Crippen molar-refractivity contribution in [3.05, 3.63) is 35.4 Å². The van der Waals surface area contributed by atoms with E-state index in [-0.39, 0.29) is 30.0 Å². The van der Waals surface area contributed by atoms with Crippen LogP contribution in [0.3, 0.4) is 0 Å². The van der Waals surface area contributed by atoms with Crippen LogP contribution in [0.2, 0.25) is 0 Å². The number of amides is 3. The Morgan fingerprint density at radius 2 is 1.56 bits per heavy atom. The van der Waals surface area contributed by atoms with E-state index >= 15 is 0 Å². The molecule has 5 heteroatoms. The van der Waals surface area contributed by atoms with Crippen LogP contribution >= 0.6 is 0 Å². The maximum absolute atomic E-state index is 11.9. The molecule has 25 heavy (non-hydrogen) atoms. The molecule has 3 amide bonds. The molecule has 3 N–H and O–H groups in total. The van der Waals surface area contributed by atoms with Crippen LogP contribution in [0, 0.1) is 5.92 Å². The van der Waals surface area contributed by atoms with Gasteiger partial charge in [-0.15, -0.1) is 0 Å². The van der Waals surface area contributed by atoms with Crippen molar-refractivity contribution >= 4 is 11.9 Å². The van der Waals surface area contributed by atoms with Crippen LogP contribution in [0.5, 0.6) is 0 Å². The molecule has 5 nitrogen and oxygen atoms in total. The number of imide groups is 1. The molecule has 140 valence electrons. The second kappa shape index (κ2) is 8.99. The smallest absolute Gasteiger partial charge is 0.321 e. The summed E-state index contributed by atoms with van der Waals surface area (Å²) in [5, 5.41) is 8.23. The molecule has 0 saturated carbocycles. The number of hydrogen-bond donors (Lipinski definition) is 3. The topological polar surface area (TPSA) is 70.2 Å². The Hall–Kier alpha value is -1.88. The van der Waals surface area contributed by atoms with E-state index in [1.165, 1.54) is 5.56 Å². The predicted octanol–water partition coefficient (Wildman–Crippen LogP) is 3.51. The highest BCUT2D eigenvalue weighted by molar-refractivity contribution is 5.95. The molecule has 0 unspecified atom stereocenters. The van der Waals surface area contributed by atoms with Gasteiger partial charge in [-0.25, -0.2) is 4.79 Å². The van der Waals surface area contributed by atoms with Crippen molar-refractivity contribution in [1.29, 1.82) is 0 Å². The minimum absolute atomic E-state index is 0.00879. The van der Waals surface area contributed by atoms with Crippen molar-refractivity contribution in [3.8, 4) is 0 Å². The van der Waals surface area contributed by atoms with Gasteiger partial charge in [0.05, 0.1) is 6.54 Å². The van der Waals surface area contributed by atoms with E-state index in [0.717, 1.165) is 5.56 Å². The molecule has 1 aromatic rings. The average Bonchev–Trinajstić information content (AvgIpc) is 2.45. The van der Waals surface area contributed by atoms with Crippen molar-refractivity contribution in [3.63, 3.8) is 0 Å². The number of urea groups is 1. The summed E-state index contributed by atoms with van der Waals surface area (Å²) in [6.07, 6.45) is 0. The normalized spacial score (nSPS) is 13.0. The third-order valence-electron chi connectivity index (χ3n) is 3.96. The summed E-state index contributed by atoms with van der Waals surface area (Å²) in [5.74, 6) is -0.0205. The predicted molar refractivity (Wildman–Crippen MR) is 103 cm³/mol. The third-order valence-corrected chi connectivity index (χ3v) is 3.96. The fourth-order valence-electron chi connectivity index (χ4n) is 2.60. The first kappa shape index (κ1) is 21.2. The highest BCUT2D eigenvalue weighted by Gasteiger charge is 2.19. The first-order valence-electron chi connectivity index (χ1n) is 8.95. The van der Waals surface area contributed by atoms with Gasteiger partial charge in [0.2, 0.25) is 5.91 Å². The first-order chi connectivity index (χ1) is 11.5. The summed E-state index contributed by atoms with van der Waals surface area (Å²) in [6, 6.07) is 8.09. The molecule has 0 aliphatic rings. The van der Waals surface area contributed by atoms with Gasteiger partial charge < -0.3 is 10.6 Å².